The zero-order valence-electron chi connectivity index (χ0n) is 19.0. The van der Waals surface area contributed by atoms with Crippen LogP contribution in [0.1, 0.15) is 25.8 Å². The highest BCUT2D eigenvalue weighted by atomic mass is 79.9. The maximum Gasteiger partial charge on any atom is 0.407 e. The van der Waals surface area contributed by atoms with Crippen LogP contribution in [-0.4, -0.2) is 74.2 Å². The van der Waals surface area contributed by atoms with Crippen molar-refractivity contribution in [1.29, 1.82) is 0 Å². The van der Waals surface area contributed by atoms with Crippen molar-refractivity contribution in [1.82, 2.24) is 10.2 Å². The number of hydrogen-bond acceptors (Lipinski definition) is 7. The number of esters is 1. The average Bonchev–Trinajstić information content (AvgIpc) is 3.42. The maximum atomic E-state index is 13.4. The summed E-state index contributed by atoms with van der Waals surface area (Å²) < 4.78 is 22.6. The zero-order valence-corrected chi connectivity index (χ0v) is 20.6. The fourth-order valence-corrected chi connectivity index (χ4v) is 4.15. The second-order valence-electron chi connectivity index (χ2n) is 8.37. The number of nitrogens with zero attached hydrogens (tertiary/aromatic N) is 1. The first kappa shape index (κ1) is 25.2. The van der Waals surface area contributed by atoms with Gasteiger partial charge in [0.05, 0.1) is 26.9 Å². The van der Waals surface area contributed by atoms with Crippen molar-refractivity contribution in [3.05, 3.63) is 40.9 Å². The van der Waals surface area contributed by atoms with E-state index in [0.29, 0.717) is 18.8 Å². The molecule has 0 aromatic heterocycles. The minimum absolute atomic E-state index is 0.0261. The van der Waals surface area contributed by atoms with E-state index in [1.807, 2.05) is 24.3 Å². The van der Waals surface area contributed by atoms with Crippen molar-refractivity contribution in [2.45, 2.75) is 38.1 Å². The van der Waals surface area contributed by atoms with Crippen LogP contribution >= 0.6 is 15.9 Å². The number of rotatable bonds is 7. The quantitative estimate of drug-likeness (QED) is 0.546. The monoisotopic (exact) mass is 524 g/mol. The van der Waals surface area contributed by atoms with E-state index in [9.17, 15) is 14.4 Å². The summed E-state index contributed by atoms with van der Waals surface area (Å²) in [6, 6.07) is 5.67. The van der Waals surface area contributed by atoms with Gasteiger partial charge in [0.25, 0.3) is 0 Å². The van der Waals surface area contributed by atoms with Gasteiger partial charge in [-0.05, 0) is 29.2 Å². The third kappa shape index (κ3) is 5.93. The highest BCUT2D eigenvalue weighted by Crippen LogP contribution is 2.36. The lowest BCUT2D eigenvalue weighted by molar-refractivity contribution is -0.153. The topological polar surface area (TPSA) is 103 Å². The van der Waals surface area contributed by atoms with E-state index in [1.165, 1.54) is 12.0 Å². The molecule has 0 bridgehead atoms. The molecule has 2 atom stereocenters. The summed E-state index contributed by atoms with van der Waals surface area (Å²) in [7, 11) is 1.22. The molecular weight excluding hydrogens is 496 g/mol. The van der Waals surface area contributed by atoms with Crippen LogP contribution in [0.15, 0.2) is 35.3 Å². The summed E-state index contributed by atoms with van der Waals surface area (Å²) in [6.07, 6.45) is -0.583. The summed E-state index contributed by atoms with van der Waals surface area (Å²) in [5, 5.41) is 2.55. The number of benzene rings is 1. The van der Waals surface area contributed by atoms with Crippen molar-refractivity contribution < 1.29 is 33.3 Å². The molecule has 1 N–H and O–H groups in total. The highest BCUT2D eigenvalue weighted by Gasteiger charge is 2.54. The number of methoxy groups -OCH3 is 1. The molecule has 180 valence electrons. The molecule has 2 fully saturated rings. The summed E-state index contributed by atoms with van der Waals surface area (Å²) in [6.45, 7) is 8.36. The number of halogens is 1. The van der Waals surface area contributed by atoms with Gasteiger partial charge in [-0.1, -0.05) is 48.5 Å². The van der Waals surface area contributed by atoms with Crippen LogP contribution in [0.3, 0.4) is 0 Å². The number of carbonyl (C=O) groups excluding carboxylic acids is 3. The predicted octanol–water partition coefficient (Wildman–Crippen LogP) is 2.73. The van der Waals surface area contributed by atoms with Crippen molar-refractivity contribution in [2.75, 3.05) is 33.5 Å². The Morgan fingerprint density at radius 2 is 1.88 bits per heavy atom. The Kier molecular flexibility index (Phi) is 8.14. The van der Waals surface area contributed by atoms with Gasteiger partial charge in [-0.15, -0.1) is 0 Å². The van der Waals surface area contributed by atoms with Crippen molar-refractivity contribution >= 4 is 39.5 Å². The van der Waals surface area contributed by atoms with E-state index in [1.54, 1.807) is 13.8 Å². The summed E-state index contributed by atoms with van der Waals surface area (Å²) in [4.78, 5) is 39.6. The second-order valence-corrected chi connectivity index (χ2v) is 9.29. The summed E-state index contributed by atoms with van der Waals surface area (Å²) in [5.74, 6) is -2.32. The number of amides is 2. The molecule has 10 heteroatoms. The Balaban J connectivity index is 1.74. The molecule has 0 unspecified atom stereocenters. The normalized spacial score (nSPS) is 20.0. The van der Waals surface area contributed by atoms with Crippen molar-refractivity contribution in [3.8, 4) is 0 Å². The summed E-state index contributed by atoms with van der Waals surface area (Å²) in [5.41, 5.74) is 1.47. The molecule has 0 aliphatic carbocycles. The van der Waals surface area contributed by atoms with Crippen molar-refractivity contribution in [3.63, 3.8) is 0 Å². The van der Waals surface area contributed by atoms with Gasteiger partial charge in [0.2, 0.25) is 5.91 Å². The highest BCUT2D eigenvalue weighted by molar-refractivity contribution is 9.10. The molecule has 0 radical (unpaired) electrons. The molecule has 2 amide bonds. The van der Waals surface area contributed by atoms with Crippen LogP contribution in [0.4, 0.5) is 4.79 Å². The molecule has 1 spiro atoms. The van der Waals surface area contributed by atoms with Crippen LogP contribution in [0.2, 0.25) is 0 Å². The molecule has 0 saturated carbocycles. The Morgan fingerprint density at radius 3 is 2.45 bits per heavy atom. The lowest BCUT2D eigenvalue weighted by atomic mass is 10.0. The second kappa shape index (κ2) is 10.7. The lowest BCUT2D eigenvalue weighted by Gasteiger charge is -2.30. The van der Waals surface area contributed by atoms with Gasteiger partial charge in [-0.2, -0.15) is 0 Å². The van der Waals surface area contributed by atoms with Gasteiger partial charge in [-0.3, -0.25) is 4.79 Å². The molecule has 2 aliphatic rings. The molecule has 3 rings (SSSR count). The maximum absolute atomic E-state index is 13.4. The smallest absolute Gasteiger partial charge is 0.407 e. The van der Waals surface area contributed by atoms with Gasteiger partial charge >= 0.3 is 12.1 Å². The Labute approximate surface area is 201 Å². The van der Waals surface area contributed by atoms with E-state index in [4.69, 9.17) is 14.2 Å². The van der Waals surface area contributed by atoms with E-state index in [-0.39, 0.29) is 25.5 Å². The van der Waals surface area contributed by atoms with E-state index in [2.05, 4.69) is 32.6 Å². The van der Waals surface area contributed by atoms with E-state index in [0.717, 1.165) is 10.0 Å². The van der Waals surface area contributed by atoms with Crippen LogP contribution < -0.4 is 5.32 Å². The van der Waals surface area contributed by atoms with E-state index >= 15 is 0 Å². The third-order valence-electron chi connectivity index (χ3n) is 5.69. The Hall–Kier alpha value is -2.43. The van der Waals surface area contributed by atoms with Crippen molar-refractivity contribution in [2.24, 2.45) is 5.92 Å². The minimum Gasteiger partial charge on any atom is -0.459 e. The van der Waals surface area contributed by atoms with Crippen LogP contribution in [0.25, 0.3) is 5.57 Å². The SMILES string of the molecule is C=C(COC(=O)[C@@H]1CC2(CN1C(=O)[C@@H](NC(=O)OC)C(C)C)OCCO2)c1ccc(Br)cc1. The number of alkyl carbamates (subject to hydrolysis) is 1. The fraction of sp³-hybridized carbons (Fsp3) is 0.522. The predicted molar refractivity (Wildman–Crippen MR) is 123 cm³/mol. The van der Waals surface area contributed by atoms with Crippen LogP contribution in [0, 0.1) is 5.92 Å². The number of nitrogens with one attached hydrogen (secondary N) is 1. The minimum atomic E-state index is -1.06. The van der Waals surface area contributed by atoms with Crippen LogP contribution in [0.5, 0.6) is 0 Å². The molecule has 2 saturated heterocycles. The standard InChI is InChI=1S/C23H29BrN2O7/c1-14(2)19(25-22(29)30-4)20(27)26-13-23(32-9-10-33-23)11-18(26)21(28)31-12-15(3)16-5-7-17(24)8-6-16/h5-8,14,18-19H,3,9-13H2,1-2,4H3,(H,25,29)/t18-,19-/m0/s1. The first-order chi connectivity index (χ1) is 15.7. The first-order valence-corrected chi connectivity index (χ1v) is 11.5. The van der Waals surface area contributed by atoms with E-state index < -0.39 is 35.8 Å². The fourth-order valence-electron chi connectivity index (χ4n) is 3.89. The molecule has 1 aromatic rings. The van der Waals surface area contributed by atoms with Gasteiger partial charge in [0, 0.05) is 10.9 Å². The number of hydrogen-bond donors (Lipinski definition) is 1. The Bertz CT molecular complexity index is 897. The Morgan fingerprint density at radius 1 is 1.24 bits per heavy atom. The largest absolute Gasteiger partial charge is 0.459 e. The first-order valence-electron chi connectivity index (χ1n) is 10.7. The molecule has 2 heterocycles. The average molecular weight is 525 g/mol. The number of likely N-dealkylation sites (tertiary alicyclic amines) is 1. The van der Waals surface area contributed by atoms with Gasteiger partial charge in [0.1, 0.15) is 18.7 Å². The molecule has 9 nitrogen and oxygen atoms in total. The third-order valence-corrected chi connectivity index (χ3v) is 6.22. The zero-order chi connectivity index (χ0) is 24.2. The molecule has 1 aromatic carbocycles. The van der Waals surface area contributed by atoms with Gasteiger partial charge in [-0.25, -0.2) is 9.59 Å². The molecular formula is C23H29BrN2O7. The lowest BCUT2D eigenvalue weighted by Crippen LogP contribution is -2.54. The molecule has 33 heavy (non-hydrogen) atoms. The number of carbonyl (C=O) groups is 3. The molecule has 2 aliphatic heterocycles. The van der Waals surface area contributed by atoms with Gasteiger partial charge in [0.15, 0.2) is 5.79 Å². The summed E-state index contributed by atoms with van der Waals surface area (Å²) >= 11 is 3.38. The number of ether oxygens (including phenoxy) is 4. The van der Waals surface area contributed by atoms with Crippen LogP contribution in [-0.2, 0) is 28.5 Å². The van der Waals surface area contributed by atoms with Gasteiger partial charge < -0.3 is 29.2 Å².